The van der Waals surface area contributed by atoms with Crippen molar-refractivity contribution >= 4 is 29.3 Å². The zero-order valence-corrected chi connectivity index (χ0v) is 22.9. The third kappa shape index (κ3) is 4.25. The van der Waals surface area contributed by atoms with Gasteiger partial charge in [0.25, 0.3) is 5.91 Å². The number of fused-ring (bicyclic) bond motifs is 3. The molecule has 13 nitrogen and oxygen atoms in total. The van der Waals surface area contributed by atoms with Gasteiger partial charge in [0.15, 0.2) is 17.1 Å². The fourth-order valence-electron chi connectivity index (χ4n) is 6.21. The number of hydrogen-bond acceptors (Lipinski definition) is 11. The molecule has 3 aliphatic rings. The summed E-state index contributed by atoms with van der Waals surface area (Å²) >= 11 is 0. The summed E-state index contributed by atoms with van der Waals surface area (Å²) in [6.45, 7) is 0. The summed E-state index contributed by atoms with van der Waals surface area (Å²) in [5, 5.41) is 47.2. The van der Waals surface area contributed by atoms with Gasteiger partial charge in [0, 0.05) is 11.5 Å². The molecule has 0 saturated carbocycles. The molecule has 0 radical (unpaired) electrons. The molecule has 13 heteroatoms. The van der Waals surface area contributed by atoms with Crippen molar-refractivity contribution in [3.05, 3.63) is 70.2 Å². The van der Waals surface area contributed by atoms with Crippen LogP contribution >= 0.6 is 0 Å². The first-order valence-electron chi connectivity index (χ1n) is 12.9. The predicted molar refractivity (Wildman–Crippen MR) is 146 cm³/mol. The van der Waals surface area contributed by atoms with Crippen molar-refractivity contribution < 1.29 is 49.1 Å². The summed E-state index contributed by atoms with van der Waals surface area (Å²) in [6, 6.07) is 8.00. The van der Waals surface area contributed by atoms with Crippen LogP contribution in [0.4, 0.5) is 10.5 Å². The Balaban J connectivity index is 1.51. The number of carbonyl (C=O) groups is 4. The van der Waals surface area contributed by atoms with E-state index in [4.69, 9.17) is 15.2 Å². The lowest BCUT2D eigenvalue weighted by Gasteiger charge is -2.50. The van der Waals surface area contributed by atoms with Crippen molar-refractivity contribution in [1.82, 2.24) is 4.90 Å². The average Bonchev–Trinajstić information content (AvgIpc) is 2.92. The summed E-state index contributed by atoms with van der Waals surface area (Å²) in [5.74, 6) is -6.79. The molecule has 4 atom stereocenters. The van der Waals surface area contributed by atoms with Gasteiger partial charge < -0.3 is 35.6 Å². The Labute approximate surface area is 239 Å². The number of likely N-dealkylation sites (N-methyl/N-ethyl adjacent to an activating group) is 1. The second kappa shape index (κ2) is 10.2. The van der Waals surface area contributed by atoms with Gasteiger partial charge in [0.05, 0.1) is 24.4 Å². The highest BCUT2D eigenvalue weighted by molar-refractivity contribution is 6.25. The molecule has 0 aliphatic heterocycles. The van der Waals surface area contributed by atoms with Crippen LogP contribution in [0.15, 0.2) is 59.1 Å². The number of benzene rings is 2. The quantitative estimate of drug-likeness (QED) is 0.222. The number of ether oxygens (including phenoxy) is 2. The third-order valence-electron chi connectivity index (χ3n) is 8.10. The molecule has 42 heavy (non-hydrogen) atoms. The number of nitrogens with one attached hydrogen (secondary N) is 1. The number of primary amides is 1. The highest BCUT2D eigenvalue weighted by Gasteiger charge is 2.63. The van der Waals surface area contributed by atoms with E-state index in [-0.39, 0.29) is 35.4 Å². The topological polar surface area (TPSA) is 209 Å². The smallest absolute Gasteiger partial charge is 0.417 e. The molecule has 7 N–H and O–H groups in total. The Hall–Kier alpha value is -4.88. The van der Waals surface area contributed by atoms with E-state index >= 15 is 0 Å². The Morgan fingerprint density at radius 3 is 2.29 bits per heavy atom. The summed E-state index contributed by atoms with van der Waals surface area (Å²) in [4.78, 5) is 53.2. The summed E-state index contributed by atoms with van der Waals surface area (Å²) in [7, 11) is 4.60. The van der Waals surface area contributed by atoms with Crippen LogP contribution in [0.3, 0.4) is 0 Å². The number of aliphatic hydroxyl groups is 3. The minimum absolute atomic E-state index is 0.0271. The normalized spacial score (nSPS) is 25.0. The summed E-state index contributed by atoms with van der Waals surface area (Å²) in [5.41, 5.74) is 1.43. The van der Waals surface area contributed by atoms with Gasteiger partial charge in [0.1, 0.15) is 28.6 Å². The number of carbonyl (C=O) groups excluding carboxylic acids is 4. The number of aromatic hydroxyl groups is 1. The first-order valence-corrected chi connectivity index (χ1v) is 12.9. The second-order valence-electron chi connectivity index (χ2n) is 10.6. The zero-order chi connectivity index (χ0) is 30.7. The standard InChI is InChI=1S/C29H29N3O10/c1-32(2)21-16-11-13-10-12-4-9-17(31-28(39)42-15-7-5-14(41-3)6-8-15)22(33)18(12)23(34)19(13)25(36)29(16,40)26(37)20(24(21)35)27(30)38/h4-9,13,16,21,33,35-36,40H,10-11H2,1-3H3,(H2,30,38)(H,31,39). The van der Waals surface area contributed by atoms with Crippen LogP contribution in [-0.2, 0) is 16.0 Å². The maximum Gasteiger partial charge on any atom is 0.417 e. The minimum Gasteiger partial charge on any atom is -0.510 e. The fourth-order valence-corrected chi connectivity index (χ4v) is 6.21. The molecule has 2 aromatic rings. The number of Topliss-reactive ketones (excluding diaryl/α,β-unsaturated/α-hetero) is 2. The van der Waals surface area contributed by atoms with Crippen LogP contribution in [0.2, 0.25) is 0 Å². The number of nitrogens with two attached hydrogens (primary N) is 1. The van der Waals surface area contributed by atoms with Crippen LogP contribution in [0, 0.1) is 11.8 Å². The number of hydrogen-bond donors (Lipinski definition) is 6. The third-order valence-corrected chi connectivity index (χ3v) is 8.10. The highest BCUT2D eigenvalue weighted by atomic mass is 16.6. The Morgan fingerprint density at radius 1 is 1.05 bits per heavy atom. The maximum absolute atomic E-state index is 13.8. The molecule has 0 fully saturated rings. The predicted octanol–water partition coefficient (Wildman–Crippen LogP) is 1.74. The van der Waals surface area contributed by atoms with E-state index in [1.54, 1.807) is 26.2 Å². The van der Waals surface area contributed by atoms with Crippen LogP contribution < -0.4 is 20.5 Å². The number of phenolic OH excluding ortho intramolecular Hbond substituents is 1. The fraction of sp³-hybridized carbons (Fsp3) is 0.310. The number of rotatable bonds is 5. The molecule has 0 spiro atoms. The van der Waals surface area contributed by atoms with E-state index in [0.717, 1.165) is 0 Å². The molecule has 0 heterocycles. The van der Waals surface area contributed by atoms with Crippen molar-refractivity contribution in [2.24, 2.45) is 17.6 Å². The first-order chi connectivity index (χ1) is 19.8. The van der Waals surface area contributed by atoms with Crippen molar-refractivity contribution in [2.45, 2.75) is 24.5 Å². The molecule has 3 aliphatic carbocycles. The van der Waals surface area contributed by atoms with Gasteiger partial charge >= 0.3 is 6.09 Å². The molecular weight excluding hydrogens is 550 g/mol. The van der Waals surface area contributed by atoms with Crippen molar-refractivity contribution in [2.75, 3.05) is 26.5 Å². The van der Waals surface area contributed by atoms with Crippen molar-refractivity contribution in [3.63, 3.8) is 0 Å². The number of anilines is 1. The van der Waals surface area contributed by atoms with Crippen molar-refractivity contribution in [3.8, 4) is 17.2 Å². The lowest BCUT2D eigenvalue weighted by Crippen LogP contribution is -2.63. The Morgan fingerprint density at radius 2 is 1.69 bits per heavy atom. The number of amides is 2. The minimum atomic E-state index is -2.74. The molecule has 0 saturated heterocycles. The first kappa shape index (κ1) is 28.6. The molecule has 2 aromatic carbocycles. The van der Waals surface area contributed by atoms with E-state index in [9.17, 15) is 39.6 Å². The summed E-state index contributed by atoms with van der Waals surface area (Å²) in [6.07, 6.45) is -0.860. The molecule has 220 valence electrons. The number of ketones is 2. The van der Waals surface area contributed by atoms with Gasteiger partial charge in [-0.1, -0.05) is 6.07 Å². The van der Waals surface area contributed by atoms with Gasteiger partial charge in [-0.05, 0) is 68.8 Å². The number of nitrogens with zero attached hydrogens (tertiary/aromatic N) is 1. The monoisotopic (exact) mass is 579 g/mol. The number of phenols is 1. The van der Waals surface area contributed by atoms with Gasteiger partial charge in [0.2, 0.25) is 5.78 Å². The lowest BCUT2D eigenvalue weighted by atomic mass is 9.58. The molecule has 5 rings (SSSR count). The van der Waals surface area contributed by atoms with E-state index in [0.29, 0.717) is 11.3 Å². The van der Waals surface area contributed by atoms with Crippen LogP contribution in [-0.4, -0.2) is 81.7 Å². The van der Waals surface area contributed by atoms with Crippen LogP contribution in [0.1, 0.15) is 22.3 Å². The Bertz CT molecular complexity index is 1590. The molecule has 0 bridgehead atoms. The summed E-state index contributed by atoms with van der Waals surface area (Å²) < 4.78 is 10.3. The van der Waals surface area contributed by atoms with E-state index in [1.807, 2.05) is 0 Å². The molecule has 4 unspecified atom stereocenters. The zero-order valence-electron chi connectivity index (χ0n) is 22.9. The van der Waals surface area contributed by atoms with Gasteiger partial charge in [-0.2, -0.15) is 0 Å². The maximum atomic E-state index is 13.8. The van der Waals surface area contributed by atoms with Gasteiger partial charge in [-0.25, -0.2) is 4.79 Å². The van der Waals surface area contributed by atoms with E-state index in [1.165, 1.54) is 36.3 Å². The van der Waals surface area contributed by atoms with Gasteiger partial charge in [-0.3, -0.25) is 24.6 Å². The number of methoxy groups -OCH3 is 1. The van der Waals surface area contributed by atoms with Crippen molar-refractivity contribution in [1.29, 1.82) is 0 Å². The van der Waals surface area contributed by atoms with Gasteiger partial charge in [-0.15, -0.1) is 0 Å². The number of allylic oxidation sites excluding steroid dienone is 1. The Kier molecular flexibility index (Phi) is 6.95. The largest absolute Gasteiger partial charge is 0.510 e. The number of aliphatic hydroxyl groups excluding tert-OH is 2. The molecule has 0 aromatic heterocycles. The highest BCUT2D eigenvalue weighted by Crippen LogP contribution is 2.52. The lowest BCUT2D eigenvalue weighted by molar-refractivity contribution is -0.148. The molecule has 2 amide bonds. The second-order valence-corrected chi connectivity index (χ2v) is 10.6. The van der Waals surface area contributed by atoms with Crippen LogP contribution in [0.25, 0.3) is 0 Å². The molecular formula is C29H29N3O10. The van der Waals surface area contributed by atoms with E-state index in [2.05, 4.69) is 5.32 Å². The van der Waals surface area contributed by atoms with Crippen LogP contribution in [0.5, 0.6) is 17.2 Å². The average molecular weight is 580 g/mol. The van der Waals surface area contributed by atoms with E-state index < -0.39 is 69.9 Å². The SMILES string of the molecule is COc1ccc(OC(=O)Nc2ccc3c(c2O)C(=O)C2=C(O)C4(O)C(=O)C(C(N)=O)=C(O)C(N(C)C)C4CC2C3)cc1.